The summed E-state index contributed by atoms with van der Waals surface area (Å²) in [6.07, 6.45) is 76.9. The number of quaternary nitrogens is 1. The first-order chi connectivity index (χ1) is 39.6. The van der Waals surface area contributed by atoms with Crippen molar-refractivity contribution in [2.45, 2.75) is 360 Å². The molecule has 0 radical (unpaired) electrons. The Morgan fingerprint density at radius 3 is 1.05 bits per heavy atom. The third kappa shape index (κ3) is 64.9. The summed E-state index contributed by atoms with van der Waals surface area (Å²) in [4.78, 5) is 37.4. The smallest absolute Gasteiger partial charge is 0.306 e. The van der Waals surface area contributed by atoms with Gasteiger partial charge in [-0.3, -0.25) is 9.59 Å². The Morgan fingerprint density at radius 2 is 0.704 bits per heavy atom. The number of esters is 2. The van der Waals surface area contributed by atoms with E-state index in [-0.39, 0.29) is 32.2 Å². The average molecular weight is 1140 g/mol. The molecule has 0 bridgehead atoms. The zero-order chi connectivity index (χ0) is 59.1. The van der Waals surface area contributed by atoms with E-state index in [1.54, 1.807) is 0 Å². The molecule has 0 amide bonds. The Bertz CT molecular complexity index is 1420. The van der Waals surface area contributed by atoms with Crippen molar-refractivity contribution in [3.63, 3.8) is 0 Å². The fraction of sp³-hybridized carbons (Fsp3) is 0.875. The van der Waals surface area contributed by atoms with Gasteiger partial charge in [0.15, 0.2) is 12.4 Å². The molecule has 9 nitrogen and oxygen atoms in total. The van der Waals surface area contributed by atoms with Crippen molar-refractivity contribution < 1.29 is 42.9 Å². The number of ether oxygens (including phenoxy) is 4. The number of rotatable bonds is 66. The van der Waals surface area contributed by atoms with Crippen molar-refractivity contribution in [2.24, 2.45) is 0 Å². The summed E-state index contributed by atoms with van der Waals surface area (Å²) < 4.78 is 22.7. The van der Waals surface area contributed by atoms with E-state index in [4.69, 9.17) is 18.9 Å². The zero-order valence-corrected chi connectivity index (χ0v) is 54.4. The highest BCUT2D eigenvalue weighted by atomic mass is 16.7. The molecule has 9 heteroatoms. The lowest BCUT2D eigenvalue weighted by molar-refractivity contribution is -0.870. The van der Waals surface area contributed by atoms with Crippen LogP contribution in [0, 0.1) is 0 Å². The largest absolute Gasteiger partial charge is 0.545 e. The van der Waals surface area contributed by atoms with E-state index < -0.39 is 24.3 Å². The minimum absolute atomic E-state index is 0.147. The molecule has 0 aromatic heterocycles. The summed E-state index contributed by atoms with van der Waals surface area (Å²) >= 11 is 0. The van der Waals surface area contributed by atoms with Crippen LogP contribution in [0.1, 0.15) is 348 Å². The number of aliphatic carboxylic acids is 1. The Kier molecular flexibility index (Phi) is 61.6. The van der Waals surface area contributed by atoms with Gasteiger partial charge in [0.1, 0.15) is 13.2 Å². The molecule has 0 fully saturated rings. The number of nitrogens with zero attached hydrogens (tertiary/aromatic N) is 1. The molecule has 0 aliphatic heterocycles. The van der Waals surface area contributed by atoms with Gasteiger partial charge in [-0.2, -0.15) is 0 Å². The van der Waals surface area contributed by atoms with E-state index in [9.17, 15) is 19.5 Å². The topological polar surface area (TPSA) is 111 Å². The number of likely N-dealkylation sites (N-methyl/N-ethyl adjacent to an activating group) is 1. The van der Waals surface area contributed by atoms with Crippen LogP contribution >= 0.6 is 0 Å². The van der Waals surface area contributed by atoms with E-state index in [0.29, 0.717) is 23.9 Å². The Balaban J connectivity index is 3.91. The predicted molar refractivity (Wildman–Crippen MR) is 343 cm³/mol. The van der Waals surface area contributed by atoms with Crippen molar-refractivity contribution in [3.05, 3.63) is 36.5 Å². The standard InChI is InChI=1S/C72H135NO8/c1-6-8-10-12-14-16-18-20-22-24-25-26-27-28-29-30-31-32-33-34-35-36-37-38-39-40-41-42-43-44-45-47-48-50-52-54-56-58-60-62-69(74)79-66-68(67-80-72(71(76)77)78-65-64-73(3,4)5)81-70(75)63-61-59-57-55-53-51-49-46-23-21-19-17-15-13-11-9-7-2/h9,11,15,17,21,23,68,72H,6-8,10,12-14,16,18-20,22,24-67H2,1-5H3/b11-9-,17-15-,23-21-. The van der Waals surface area contributed by atoms with Crippen LogP contribution in [0.5, 0.6) is 0 Å². The number of carboxylic acid groups (broad SMARTS) is 1. The van der Waals surface area contributed by atoms with Crippen molar-refractivity contribution in [2.75, 3.05) is 47.5 Å². The van der Waals surface area contributed by atoms with Gasteiger partial charge < -0.3 is 33.3 Å². The van der Waals surface area contributed by atoms with Gasteiger partial charge in [-0.05, 0) is 44.9 Å². The first kappa shape index (κ1) is 78.5. The van der Waals surface area contributed by atoms with E-state index >= 15 is 0 Å². The molecule has 0 aliphatic rings. The van der Waals surface area contributed by atoms with Crippen LogP contribution in [0.2, 0.25) is 0 Å². The fourth-order valence-corrected chi connectivity index (χ4v) is 10.6. The van der Waals surface area contributed by atoms with Crippen molar-refractivity contribution in [1.82, 2.24) is 0 Å². The Hall–Kier alpha value is -2.49. The minimum Gasteiger partial charge on any atom is -0.545 e. The molecular weight excluding hydrogens is 1010 g/mol. The van der Waals surface area contributed by atoms with Crippen LogP contribution in [0.15, 0.2) is 36.5 Å². The van der Waals surface area contributed by atoms with Crippen LogP contribution in [0.3, 0.4) is 0 Å². The second kappa shape index (κ2) is 63.5. The van der Waals surface area contributed by atoms with Crippen molar-refractivity contribution in [1.29, 1.82) is 0 Å². The molecule has 0 heterocycles. The second-order valence-electron chi connectivity index (χ2n) is 25.2. The van der Waals surface area contributed by atoms with Crippen LogP contribution in [-0.2, 0) is 33.3 Å². The first-order valence-electron chi connectivity index (χ1n) is 35.1. The maximum absolute atomic E-state index is 12.9. The third-order valence-electron chi connectivity index (χ3n) is 15.9. The van der Waals surface area contributed by atoms with Gasteiger partial charge >= 0.3 is 11.9 Å². The second-order valence-corrected chi connectivity index (χ2v) is 25.2. The summed E-state index contributed by atoms with van der Waals surface area (Å²) in [6.45, 7) is 4.68. The molecule has 81 heavy (non-hydrogen) atoms. The normalized spacial score (nSPS) is 12.9. The maximum atomic E-state index is 12.9. The molecule has 0 aromatic rings. The molecule has 0 aliphatic carbocycles. The van der Waals surface area contributed by atoms with Gasteiger partial charge in [-0.1, -0.05) is 326 Å². The van der Waals surface area contributed by atoms with E-state index in [2.05, 4.69) is 50.3 Å². The molecule has 0 saturated heterocycles. The van der Waals surface area contributed by atoms with Crippen LogP contribution < -0.4 is 5.11 Å². The van der Waals surface area contributed by atoms with E-state index in [1.165, 1.54) is 250 Å². The molecule has 0 N–H and O–H groups in total. The van der Waals surface area contributed by atoms with E-state index in [0.717, 1.165) is 64.2 Å². The fourth-order valence-electron chi connectivity index (χ4n) is 10.6. The number of unbranched alkanes of at least 4 members (excludes halogenated alkanes) is 45. The van der Waals surface area contributed by atoms with E-state index in [1.807, 2.05) is 21.1 Å². The molecular formula is C72H135NO8. The maximum Gasteiger partial charge on any atom is 0.306 e. The summed E-state index contributed by atoms with van der Waals surface area (Å²) in [5.41, 5.74) is 0. The zero-order valence-electron chi connectivity index (χ0n) is 54.4. The number of carbonyl (C=O) groups is 3. The highest BCUT2D eigenvalue weighted by Gasteiger charge is 2.22. The lowest BCUT2D eigenvalue weighted by atomic mass is 10.0. The lowest BCUT2D eigenvalue weighted by Gasteiger charge is -2.26. The van der Waals surface area contributed by atoms with Gasteiger partial charge in [-0.15, -0.1) is 0 Å². The summed E-state index contributed by atoms with van der Waals surface area (Å²) in [7, 11) is 5.93. The SMILES string of the molecule is CC/C=C\C/C=C\C/C=C\CCCCCCCCCC(=O)OC(COC(=O)CCCCCCCCCCCCCCCCCCCCCCCCCCCCCCCCCCCCCCCCC)COC(OCC[N+](C)(C)C)C(=O)[O-]. The average Bonchev–Trinajstić information content (AvgIpc) is 3.44. The molecule has 0 rings (SSSR count). The molecule has 2 atom stereocenters. The van der Waals surface area contributed by atoms with Crippen LogP contribution in [-0.4, -0.2) is 82.3 Å². The van der Waals surface area contributed by atoms with Gasteiger partial charge in [0.2, 0.25) is 0 Å². The minimum atomic E-state index is -1.62. The third-order valence-corrected chi connectivity index (χ3v) is 15.9. The molecule has 0 aromatic carbocycles. The van der Waals surface area contributed by atoms with Gasteiger partial charge in [-0.25, -0.2) is 0 Å². The number of carbonyl (C=O) groups excluding carboxylic acids is 3. The summed E-state index contributed by atoms with van der Waals surface area (Å²) in [6, 6.07) is 0. The molecule has 2 unspecified atom stereocenters. The van der Waals surface area contributed by atoms with Gasteiger partial charge in [0, 0.05) is 12.8 Å². The summed E-state index contributed by atoms with van der Waals surface area (Å²) in [5, 5.41) is 11.8. The number of hydrogen-bond donors (Lipinski definition) is 0. The number of hydrogen-bond acceptors (Lipinski definition) is 8. The Morgan fingerprint density at radius 1 is 0.383 bits per heavy atom. The van der Waals surface area contributed by atoms with Crippen LogP contribution in [0.25, 0.3) is 0 Å². The van der Waals surface area contributed by atoms with Crippen molar-refractivity contribution in [3.8, 4) is 0 Å². The van der Waals surface area contributed by atoms with Gasteiger partial charge in [0.05, 0.1) is 40.3 Å². The summed E-state index contributed by atoms with van der Waals surface area (Å²) in [5.74, 6) is -2.28. The molecule has 476 valence electrons. The van der Waals surface area contributed by atoms with Crippen molar-refractivity contribution >= 4 is 17.9 Å². The highest BCUT2D eigenvalue weighted by Crippen LogP contribution is 2.19. The number of allylic oxidation sites excluding steroid dienone is 6. The Labute approximate surface area is 502 Å². The van der Waals surface area contributed by atoms with Crippen LogP contribution in [0.4, 0.5) is 0 Å². The monoisotopic (exact) mass is 1140 g/mol. The molecule has 0 spiro atoms. The van der Waals surface area contributed by atoms with Gasteiger partial charge in [0.25, 0.3) is 0 Å². The highest BCUT2D eigenvalue weighted by molar-refractivity contribution is 5.70. The quantitative estimate of drug-likeness (QED) is 0.0195. The lowest BCUT2D eigenvalue weighted by Crippen LogP contribution is -2.44. The number of carboxylic acids is 1. The predicted octanol–water partition coefficient (Wildman–Crippen LogP) is 20.3. The molecule has 0 saturated carbocycles. The first-order valence-corrected chi connectivity index (χ1v) is 35.1.